The van der Waals surface area contributed by atoms with E-state index in [1.165, 1.54) is 24.8 Å². The van der Waals surface area contributed by atoms with Crippen LogP contribution >= 0.6 is 0 Å². The molecule has 2 aromatic heterocycles. The minimum absolute atomic E-state index is 0.497. The highest BCUT2D eigenvalue weighted by Gasteiger charge is 2.24. The zero-order valence-electron chi connectivity index (χ0n) is 11.4. The molecular formula is C14H21N5. The van der Waals surface area contributed by atoms with Gasteiger partial charge in [-0.15, -0.1) is 5.10 Å². The maximum absolute atomic E-state index is 5.72. The van der Waals surface area contributed by atoms with Crippen molar-refractivity contribution in [2.75, 3.05) is 18.0 Å². The van der Waals surface area contributed by atoms with Crippen molar-refractivity contribution in [1.82, 2.24) is 14.6 Å². The molecule has 0 aliphatic carbocycles. The lowest BCUT2D eigenvalue weighted by Gasteiger charge is -2.34. The minimum Gasteiger partial charge on any atom is -0.336 e. The van der Waals surface area contributed by atoms with Gasteiger partial charge in [0.15, 0.2) is 5.65 Å². The lowest BCUT2D eigenvalue weighted by molar-refractivity contribution is 0.435. The maximum Gasteiger partial charge on any atom is 0.245 e. The van der Waals surface area contributed by atoms with Crippen LogP contribution < -0.4 is 10.6 Å². The van der Waals surface area contributed by atoms with E-state index in [9.17, 15) is 0 Å². The normalized spacial score (nSPS) is 20.1. The lowest BCUT2D eigenvalue weighted by Crippen LogP contribution is -2.41. The van der Waals surface area contributed by atoms with Crippen molar-refractivity contribution in [2.24, 2.45) is 5.73 Å². The summed E-state index contributed by atoms with van der Waals surface area (Å²) in [5, 5.41) is 4.60. The van der Waals surface area contributed by atoms with Crippen molar-refractivity contribution < 1.29 is 0 Å². The molecule has 0 amide bonds. The van der Waals surface area contributed by atoms with Gasteiger partial charge in [0.1, 0.15) is 0 Å². The highest BCUT2D eigenvalue weighted by molar-refractivity contribution is 5.47. The third-order valence-electron chi connectivity index (χ3n) is 3.87. The van der Waals surface area contributed by atoms with Gasteiger partial charge in [-0.2, -0.15) is 4.98 Å². The molecule has 0 spiro atoms. The Kier molecular flexibility index (Phi) is 3.38. The minimum atomic E-state index is 0.497. The highest BCUT2D eigenvalue weighted by atomic mass is 15.4. The summed E-state index contributed by atoms with van der Waals surface area (Å²) < 4.78 is 1.86. The maximum atomic E-state index is 5.72. The standard InChI is InChI=1S/C14H21N5/c1-11-6-9-19-13(10-11)16-14(17-19)18-8-3-2-4-12(18)5-7-15/h6,9-10,12H,2-5,7-8,15H2,1H3. The van der Waals surface area contributed by atoms with Gasteiger partial charge in [0, 0.05) is 18.8 Å². The van der Waals surface area contributed by atoms with Crippen LogP contribution in [0.4, 0.5) is 5.95 Å². The van der Waals surface area contributed by atoms with Crippen LogP contribution in [0, 0.1) is 6.92 Å². The van der Waals surface area contributed by atoms with Gasteiger partial charge in [0.2, 0.25) is 5.95 Å². The first-order valence-electron chi connectivity index (χ1n) is 7.07. The first-order valence-corrected chi connectivity index (χ1v) is 7.07. The molecule has 5 heteroatoms. The molecule has 0 bridgehead atoms. The molecule has 2 aromatic rings. The van der Waals surface area contributed by atoms with Crippen molar-refractivity contribution in [1.29, 1.82) is 0 Å². The summed E-state index contributed by atoms with van der Waals surface area (Å²) in [7, 11) is 0. The van der Waals surface area contributed by atoms with E-state index in [4.69, 9.17) is 5.73 Å². The number of hydrogen-bond acceptors (Lipinski definition) is 4. The van der Waals surface area contributed by atoms with Gasteiger partial charge < -0.3 is 10.6 Å². The van der Waals surface area contributed by atoms with Gasteiger partial charge in [-0.25, -0.2) is 4.52 Å². The van der Waals surface area contributed by atoms with Crippen molar-refractivity contribution in [3.05, 3.63) is 23.9 Å². The fourth-order valence-corrected chi connectivity index (χ4v) is 2.85. The Morgan fingerprint density at radius 2 is 2.32 bits per heavy atom. The Bertz CT molecular complexity index is 560. The van der Waals surface area contributed by atoms with Gasteiger partial charge in [0.25, 0.3) is 0 Å². The second-order valence-corrected chi connectivity index (χ2v) is 5.34. The number of fused-ring (bicyclic) bond motifs is 1. The van der Waals surface area contributed by atoms with Crippen molar-refractivity contribution >= 4 is 11.6 Å². The van der Waals surface area contributed by atoms with E-state index in [-0.39, 0.29) is 0 Å². The van der Waals surface area contributed by atoms with Gasteiger partial charge in [0.05, 0.1) is 0 Å². The van der Waals surface area contributed by atoms with Gasteiger partial charge >= 0.3 is 0 Å². The van der Waals surface area contributed by atoms with Crippen LogP contribution in [-0.4, -0.2) is 33.7 Å². The molecule has 1 aliphatic rings. The number of hydrogen-bond donors (Lipinski definition) is 1. The average molecular weight is 259 g/mol. The fraction of sp³-hybridized carbons (Fsp3) is 0.571. The first kappa shape index (κ1) is 12.4. The molecule has 0 aromatic carbocycles. The van der Waals surface area contributed by atoms with Crippen LogP contribution in [0.2, 0.25) is 0 Å². The monoisotopic (exact) mass is 259 g/mol. The van der Waals surface area contributed by atoms with Crippen LogP contribution in [0.5, 0.6) is 0 Å². The quantitative estimate of drug-likeness (QED) is 0.912. The zero-order chi connectivity index (χ0) is 13.2. The number of nitrogens with zero attached hydrogens (tertiary/aromatic N) is 4. The highest BCUT2D eigenvalue weighted by Crippen LogP contribution is 2.24. The number of pyridine rings is 1. The third-order valence-corrected chi connectivity index (χ3v) is 3.87. The van der Waals surface area contributed by atoms with Gasteiger partial charge in [-0.1, -0.05) is 0 Å². The molecular weight excluding hydrogens is 238 g/mol. The van der Waals surface area contributed by atoms with Crippen LogP contribution in [0.3, 0.4) is 0 Å². The predicted molar refractivity (Wildman–Crippen MR) is 76.4 cm³/mol. The molecule has 1 aliphatic heterocycles. The summed E-state index contributed by atoms with van der Waals surface area (Å²) in [5.41, 5.74) is 7.86. The second-order valence-electron chi connectivity index (χ2n) is 5.34. The van der Waals surface area contributed by atoms with Gasteiger partial charge in [-0.3, -0.25) is 0 Å². The first-order chi connectivity index (χ1) is 9.28. The van der Waals surface area contributed by atoms with Crippen LogP contribution in [0.15, 0.2) is 18.3 Å². The smallest absolute Gasteiger partial charge is 0.245 e. The zero-order valence-corrected chi connectivity index (χ0v) is 11.4. The van der Waals surface area contributed by atoms with E-state index in [0.717, 1.165) is 31.1 Å². The molecule has 102 valence electrons. The average Bonchev–Trinajstić information content (AvgIpc) is 2.82. The molecule has 2 N–H and O–H groups in total. The Hall–Kier alpha value is -1.62. The Morgan fingerprint density at radius 1 is 1.42 bits per heavy atom. The number of aromatic nitrogens is 3. The number of anilines is 1. The summed E-state index contributed by atoms with van der Waals surface area (Å²) >= 11 is 0. The van der Waals surface area contributed by atoms with Crippen molar-refractivity contribution in [3.8, 4) is 0 Å². The summed E-state index contributed by atoms with van der Waals surface area (Å²) in [4.78, 5) is 7.00. The SMILES string of the molecule is Cc1ccn2nc(N3CCCCC3CCN)nc2c1. The molecule has 1 unspecified atom stereocenters. The van der Waals surface area contributed by atoms with Crippen LogP contribution in [-0.2, 0) is 0 Å². The van der Waals surface area contributed by atoms with E-state index in [1.807, 2.05) is 10.7 Å². The van der Waals surface area contributed by atoms with Crippen LogP contribution in [0.25, 0.3) is 5.65 Å². The number of rotatable bonds is 3. The molecule has 0 saturated carbocycles. The van der Waals surface area contributed by atoms with E-state index in [0.29, 0.717) is 6.04 Å². The summed E-state index contributed by atoms with van der Waals surface area (Å²) in [6.07, 6.45) is 6.70. The molecule has 19 heavy (non-hydrogen) atoms. The molecule has 0 radical (unpaired) electrons. The van der Waals surface area contributed by atoms with Crippen molar-refractivity contribution in [3.63, 3.8) is 0 Å². The Labute approximate surface area is 113 Å². The fourth-order valence-electron chi connectivity index (χ4n) is 2.85. The Balaban J connectivity index is 1.92. The lowest BCUT2D eigenvalue weighted by atomic mass is 10.00. The van der Waals surface area contributed by atoms with Crippen LogP contribution in [0.1, 0.15) is 31.2 Å². The molecule has 1 atom stereocenters. The molecule has 3 heterocycles. The molecule has 5 nitrogen and oxygen atoms in total. The van der Waals surface area contributed by atoms with E-state index < -0.39 is 0 Å². The summed E-state index contributed by atoms with van der Waals surface area (Å²) in [5.74, 6) is 0.851. The van der Waals surface area contributed by atoms with E-state index >= 15 is 0 Å². The predicted octanol–water partition coefficient (Wildman–Crippen LogP) is 1.75. The molecule has 3 rings (SSSR count). The van der Waals surface area contributed by atoms with Crippen molar-refractivity contribution in [2.45, 2.75) is 38.6 Å². The van der Waals surface area contributed by atoms with E-state index in [1.54, 1.807) is 0 Å². The van der Waals surface area contributed by atoms with Gasteiger partial charge in [-0.05, 0) is 56.8 Å². The second kappa shape index (κ2) is 5.17. The number of piperidine rings is 1. The van der Waals surface area contributed by atoms with E-state index in [2.05, 4.69) is 34.0 Å². The number of nitrogens with two attached hydrogens (primary N) is 1. The summed E-state index contributed by atoms with van der Waals surface area (Å²) in [6, 6.07) is 4.62. The molecule has 1 saturated heterocycles. The Morgan fingerprint density at radius 3 is 3.16 bits per heavy atom. The topological polar surface area (TPSA) is 59.5 Å². The third kappa shape index (κ3) is 2.42. The largest absolute Gasteiger partial charge is 0.336 e. The summed E-state index contributed by atoms with van der Waals surface area (Å²) in [6.45, 7) is 3.85. The number of aryl methyl sites for hydroxylation is 1. The molecule has 1 fully saturated rings.